The number of rotatable bonds is 6. The van der Waals surface area contributed by atoms with Gasteiger partial charge in [0.1, 0.15) is 4.88 Å². The average Bonchev–Trinajstić information content (AvgIpc) is 2.94. The molecule has 0 fully saturated rings. The summed E-state index contributed by atoms with van der Waals surface area (Å²) >= 11 is 1.28. The molecule has 0 unspecified atom stereocenters. The molecule has 21 heavy (non-hydrogen) atoms. The number of aromatic nitrogens is 3. The zero-order valence-electron chi connectivity index (χ0n) is 11.8. The van der Waals surface area contributed by atoms with Gasteiger partial charge in [0.2, 0.25) is 5.95 Å². The third kappa shape index (κ3) is 3.99. The Morgan fingerprint density at radius 1 is 1.33 bits per heavy atom. The van der Waals surface area contributed by atoms with E-state index >= 15 is 0 Å². The van der Waals surface area contributed by atoms with Gasteiger partial charge < -0.3 is 15.5 Å². The van der Waals surface area contributed by atoms with E-state index in [4.69, 9.17) is 0 Å². The van der Waals surface area contributed by atoms with Crippen LogP contribution in [0.15, 0.2) is 31.2 Å². The molecule has 0 aromatic carbocycles. The molecule has 2 N–H and O–H groups in total. The molecule has 0 aliphatic carbocycles. The Morgan fingerprint density at radius 2 is 2.05 bits per heavy atom. The molecule has 0 aliphatic rings. The molecule has 1 amide bonds. The molecular formula is C13H16N6OS. The van der Waals surface area contributed by atoms with Gasteiger partial charge >= 0.3 is 0 Å². The minimum Gasteiger partial charge on any atom is -0.358 e. The number of carbonyl (C=O) groups is 1. The molecule has 110 valence electrons. The Hall–Kier alpha value is -2.48. The van der Waals surface area contributed by atoms with E-state index < -0.39 is 0 Å². The molecule has 0 saturated carbocycles. The van der Waals surface area contributed by atoms with Crippen molar-refractivity contribution in [3.8, 4) is 0 Å². The summed E-state index contributed by atoms with van der Waals surface area (Å²) in [6.45, 7) is 4.22. The highest BCUT2D eigenvalue weighted by Crippen LogP contribution is 2.19. The first-order valence-electron chi connectivity index (χ1n) is 6.21. The maximum Gasteiger partial charge on any atom is 0.267 e. The van der Waals surface area contributed by atoms with Crippen LogP contribution in [-0.4, -0.2) is 41.5 Å². The fraction of sp³-hybridized carbons (Fsp3) is 0.231. The lowest BCUT2D eigenvalue weighted by atomic mass is 10.4. The van der Waals surface area contributed by atoms with Gasteiger partial charge in [0, 0.05) is 20.6 Å². The average molecular weight is 304 g/mol. The standard InChI is InChI=1S/C13H16N6OS/c1-4-5-14-13-17-8-10(21-13)11(20)18-9-6-15-12(16-7-9)19(2)3/h4,6-8H,1,5H2,2-3H3,(H,14,17)(H,18,20). The number of thiazole rings is 1. The van der Waals surface area contributed by atoms with Gasteiger partial charge in [-0.15, -0.1) is 6.58 Å². The number of anilines is 3. The second kappa shape index (κ2) is 6.80. The monoisotopic (exact) mass is 304 g/mol. The highest BCUT2D eigenvalue weighted by atomic mass is 32.1. The van der Waals surface area contributed by atoms with Crippen LogP contribution >= 0.6 is 11.3 Å². The largest absolute Gasteiger partial charge is 0.358 e. The van der Waals surface area contributed by atoms with Crippen LogP contribution in [0.3, 0.4) is 0 Å². The minimum atomic E-state index is -0.236. The van der Waals surface area contributed by atoms with E-state index in [9.17, 15) is 4.79 Å². The molecule has 2 heterocycles. The Balaban J connectivity index is 2.00. The van der Waals surface area contributed by atoms with Crippen LogP contribution in [0.2, 0.25) is 0 Å². The smallest absolute Gasteiger partial charge is 0.267 e. The van der Waals surface area contributed by atoms with Gasteiger partial charge in [-0.2, -0.15) is 0 Å². The van der Waals surface area contributed by atoms with Gasteiger partial charge in [-0.05, 0) is 0 Å². The normalized spacial score (nSPS) is 10.0. The van der Waals surface area contributed by atoms with Crippen molar-refractivity contribution >= 4 is 34.0 Å². The van der Waals surface area contributed by atoms with Gasteiger partial charge in [0.05, 0.1) is 24.3 Å². The van der Waals surface area contributed by atoms with E-state index in [0.717, 1.165) is 0 Å². The molecular weight excluding hydrogens is 288 g/mol. The molecule has 2 rings (SSSR count). The van der Waals surface area contributed by atoms with Gasteiger partial charge in [0.25, 0.3) is 5.91 Å². The summed E-state index contributed by atoms with van der Waals surface area (Å²) in [5, 5.41) is 6.45. The molecule has 2 aromatic heterocycles. The summed E-state index contributed by atoms with van der Waals surface area (Å²) in [6.07, 6.45) is 6.39. The maximum absolute atomic E-state index is 12.1. The SMILES string of the molecule is C=CCNc1ncc(C(=O)Nc2cnc(N(C)C)nc2)s1. The van der Waals surface area contributed by atoms with Crippen molar-refractivity contribution in [3.63, 3.8) is 0 Å². The van der Waals surface area contributed by atoms with Crippen molar-refractivity contribution < 1.29 is 4.79 Å². The first kappa shape index (κ1) is 14.9. The predicted octanol–water partition coefficient (Wildman–Crippen LogP) is 1.85. The van der Waals surface area contributed by atoms with Crippen LogP contribution in [0, 0.1) is 0 Å². The Bertz CT molecular complexity index is 622. The Morgan fingerprint density at radius 3 is 2.67 bits per heavy atom. The van der Waals surface area contributed by atoms with Crippen LogP contribution in [0.4, 0.5) is 16.8 Å². The highest BCUT2D eigenvalue weighted by Gasteiger charge is 2.11. The van der Waals surface area contributed by atoms with E-state index in [1.807, 2.05) is 14.1 Å². The number of carbonyl (C=O) groups excluding carboxylic acids is 1. The van der Waals surface area contributed by atoms with Crippen molar-refractivity contribution in [2.45, 2.75) is 0 Å². The molecule has 0 radical (unpaired) electrons. The number of amides is 1. The van der Waals surface area contributed by atoms with Crippen LogP contribution in [0.1, 0.15) is 9.67 Å². The number of nitrogens with one attached hydrogen (secondary N) is 2. The Kier molecular flexibility index (Phi) is 4.83. The third-order valence-corrected chi connectivity index (χ3v) is 3.38. The number of nitrogens with zero attached hydrogens (tertiary/aromatic N) is 4. The third-order valence-electron chi connectivity index (χ3n) is 2.42. The lowest BCUT2D eigenvalue weighted by molar-refractivity contribution is 0.103. The highest BCUT2D eigenvalue weighted by molar-refractivity contribution is 7.17. The molecule has 0 atom stereocenters. The molecule has 0 saturated heterocycles. The zero-order chi connectivity index (χ0) is 15.2. The fourth-order valence-corrected chi connectivity index (χ4v) is 2.15. The zero-order valence-corrected chi connectivity index (χ0v) is 12.6. The topological polar surface area (TPSA) is 83.0 Å². The summed E-state index contributed by atoms with van der Waals surface area (Å²) < 4.78 is 0. The van der Waals surface area contributed by atoms with Crippen LogP contribution in [-0.2, 0) is 0 Å². The van der Waals surface area contributed by atoms with E-state index in [1.165, 1.54) is 17.5 Å². The molecule has 7 nitrogen and oxygen atoms in total. The Labute approximate surface area is 126 Å². The van der Waals surface area contributed by atoms with Crippen LogP contribution in [0.5, 0.6) is 0 Å². The van der Waals surface area contributed by atoms with Crippen molar-refractivity contribution in [2.75, 3.05) is 36.2 Å². The second-order valence-corrected chi connectivity index (χ2v) is 5.35. The lowest BCUT2D eigenvalue weighted by Gasteiger charge is -2.09. The van der Waals surface area contributed by atoms with E-state index in [2.05, 4.69) is 32.2 Å². The van der Waals surface area contributed by atoms with E-state index in [0.29, 0.717) is 28.2 Å². The van der Waals surface area contributed by atoms with Crippen molar-refractivity contribution in [1.82, 2.24) is 15.0 Å². The van der Waals surface area contributed by atoms with Crippen LogP contribution in [0.25, 0.3) is 0 Å². The predicted molar refractivity (Wildman–Crippen MR) is 85.1 cm³/mol. The number of hydrogen-bond donors (Lipinski definition) is 2. The minimum absolute atomic E-state index is 0.236. The fourth-order valence-electron chi connectivity index (χ4n) is 1.43. The second-order valence-electron chi connectivity index (χ2n) is 4.32. The maximum atomic E-state index is 12.1. The van der Waals surface area contributed by atoms with E-state index in [1.54, 1.807) is 23.4 Å². The summed E-state index contributed by atoms with van der Waals surface area (Å²) in [4.78, 5) is 26.7. The molecule has 0 bridgehead atoms. The molecule has 0 spiro atoms. The van der Waals surface area contributed by atoms with Crippen molar-refractivity contribution in [3.05, 3.63) is 36.1 Å². The van der Waals surface area contributed by atoms with E-state index in [-0.39, 0.29) is 5.91 Å². The summed E-state index contributed by atoms with van der Waals surface area (Å²) in [5.41, 5.74) is 0.541. The van der Waals surface area contributed by atoms with Crippen LogP contribution < -0.4 is 15.5 Å². The number of hydrogen-bond acceptors (Lipinski definition) is 7. The van der Waals surface area contributed by atoms with Crippen molar-refractivity contribution in [1.29, 1.82) is 0 Å². The van der Waals surface area contributed by atoms with Gasteiger partial charge in [0.15, 0.2) is 5.13 Å². The molecule has 0 aliphatic heterocycles. The van der Waals surface area contributed by atoms with Gasteiger partial charge in [-0.25, -0.2) is 15.0 Å². The molecule has 2 aromatic rings. The first-order chi connectivity index (χ1) is 10.1. The summed E-state index contributed by atoms with van der Waals surface area (Å²) in [5.74, 6) is 0.349. The van der Waals surface area contributed by atoms with Crippen molar-refractivity contribution in [2.24, 2.45) is 0 Å². The summed E-state index contributed by atoms with van der Waals surface area (Å²) in [6, 6.07) is 0. The molecule has 8 heteroatoms. The van der Waals surface area contributed by atoms with Gasteiger partial charge in [-0.1, -0.05) is 17.4 Å². The van der Waals surface area contributed by atoms with Gasteiger partial charge in [-0.3, -0.25) is 4.79 Å². The lowest BCUT2D eigenvalue weighted by Crippen LogP contribution is -2.14. The quantitative estimate of drug-likeness (QED) is 0.793. The summed E-state index contributed by atoms with van der Waals surface area (Å²) in [7, 11) is 3.70. The first-order valence-corrected chi connectivity index (χ1v) is 7.03.